The summed E-state index contributed by atoms with van der Waals surface area (Å²) in [6, 6.07) is 19.3. The monoisotopic (exact) mass is 508 g/mol. The van der Waals surface area contributed by atoms with Crippen molar-refractivity contribution in [3.05, 3.63) is 101 Å². The molecule has 0 aliphatic carbocycles. The van der Waals surface area contributed by atoms with Crippen LogP contribution in [0.5, 0.6) is 0 Å². The Kier molecular flexibility index (Phi) is 5.25. The molecule has 192 valence electrons. The summed E-state index contributed by atoms with van der Waals surface area (Å²) in [4.78, 5) is 45.1. The summed E-state index contributed by atoms with van der Waals surface area (Å²) in [6.07, 6.45) is 2.00. The van der Waals surface area contributed by atoms with E-state index in [9.17, 15) is 14.4 Å². The fraction of sp³-hybridized carbons (Fsp3) is 0.281. The fourth-order valence-electron chi connectivity index (χ4n) is 6.66. The number of allylic oxidation sites excluding steroid dienone is 1. The van der Waals surface area contributed by atoms with Crippen LogP contribution in [0, 0.1) is 17.2 Å². The number of carbonyl (C=O) groups excluding carboxylic acids is 3. The van der Waals surface area contributed by atoms with Crippen LogP contribution < -0.4 is 10.2 Å². The standard InChI is InChI=1S/C32H29FN2O3/c1-18-17-25-32(21-13-7-9-15-23(21)34-30(32)38)26(28(36)20-12-5-8-14-22(20)33)27(29(37)31(2,3)4)35(25)24-16-10-6-11-19(18)24/h5-17,25-27H,1-4H3,(H,34,38)/t25-,26+,27-,32-/m0/s1. The van der Waals surface area contributed by atoms with E-state index in [2.05, 4.69) is 5.32 Å². The molecule has 3 aliphatic rings. The summed E-state index contributed by atoms with van der Waals surface area (Å²) < 4.78 is 15.2. The molecular formula is C32H29FN2O3. The molecule has 0 saturated carbocycles. The second-order valence-corrected chi connectivity index (χ2v) is 11.5. The number of anilines is 2. The maximum atomic E-state index is 15.2. The highest BCUT2D eigenvalue weighted by molar-refractivity contribution is 6.17. The van der Waals surface area contributed by atoms with Crippen LogP contribution in [0.1, 0.15) is 49.2 Å². The van der Waals surface area contributed by atoms with Crippen LogP contribution in [0.4, 0.5) is 15.8 Å². The predicted octanol–water partition coefficient (Wildman–Crippen LogP) is 5.80. The minimum atomic E-state index is -1.43. The molecule has 3 heterocycles. The molecule has 0 radical (unpaired) electrons. The van der Waals surface area contributed by atoms with Gasteiger partial charge in [-0.2, -0.15) is 0 Å². The lowest BCUT2D eigenvalue weighted by Gasteiger charge is -2.39. The number of amides is 1. The lowest BCUT2D eigenvalue weighted by Crippen LogP contribution is -2.52. The number of ketones is 2. The smallest absolute Gasteiger partial charge is 0.238 e. The van der Waals surface area contributed by atoms with Crippen LogP contribution in [-0.4, -0.2) is 29.6 Å². The first kappa shape index (κ1) is 24.3. The summed E-state index contributed by atoms with van der Waals surface area (Å²) in [5.41, 5.74) is 1.58. The zero-order valence-electron chi connectivity index (χ0n) is 21.8. The van der Waals surface area contributed by atoms with Crippen molar-refractivity contribution in [1.82, 2.24) is 0 Å². The van der Waals surface area contributed by atoms with Gasteiger partial charge in [-0.15, -0.1) is 0 Å². The fourth-order valence-corrected chi connectivity index (χ4v) is 6.66. The van der Waals surface area contributed by atoms with E-state index in [-0.39, 0.29) is 17.3 Å². The van der Waals surface area contributed by atoms with Crippen molar-refractivity contribution in [1.29, 1.82) is 0 Å². The number of rotatable bonds is 3. The molecule has 3 aromatic rings. The minimum absolute atomic E-state index is 0.116. The van der Waals surface area contributed by atoms with Crippen LogP contribution in [0.15, 0.2) is 78.9 Å². The summed E-state index contributed by atoms with van der Waals surface area (Å²) in [5, 5.41) is 3.00. The maximum Gasteiger partial charge on any atom is 0.238 e. The van der Waals surface area contributed by atoms with E-state index >= 15 is 4.39 Å². The van der Waals surface area contributed by atoms with Gasteiger partial charge in [-0.05, 0) is 42.3 Å². The van der Waals surface area contributed by atoms with Crippen LogP contribution in [0.2, 0.25) is 0 Å². The van der Waals surface area contributed by atoms with Crippen molar-refractivity contribution >= 4 is 34.4 Å². The molecule has 1 N–H and O–H groups in total. The van der Waals surface area contributed by atoms with Gasteiger partial charge in [0.1, 0.15) is 17.3 Å². The van der Waals surface area contributed by atoms with Gasteiger partial charge in [0, 0.05) is 22.4 Å². The highest BCUT2D eigenvalue weighted by atomic mass is 19.1. The Morgan fingerprint density at radius 3 is 2.34 bits per heavy atom. The first-order valence-electron chi connectivity index (χ1n) is 12.9. The Bertz CT molecular complexity index is 1550. The van der Waals surface area contributed by atoms with E-state index in [0.717, 1.165) is 16.8 Å². The molecule has 6 rings (SSSR count). The highest BCUT2D eigenvalue weighted by Gasteiger charge is 2.71. The van der Waals surface area contributed by atoms with Crippen molar-refractivity contribution in [2.24, 2.45) is 11.3 Å². The van der Waals surface area contributed by atoms with Gasteiger partial charge >= 0.3 is 0 Å². The number of halogens is 1. The van der Waals surface area contributed by atoms with Crippen molar-refractivity contribution in [3.63, 3.8) is 0 Å². The van der Waals surface area contributed by atoms with E-state index < -0.39 is 40.4 Å². The topological polar surface area (TPSA) is 66.5 Å². The number of para-hydroxylation sites is 2. The summed E-state index contributed by atoms with van der Waals surface area (Å²) in [6.45, 7) is 7.44. The predicted molar refractivity (Wildman–Crippen MR) is 146 cm³/mol. The van der Waals surface area contributed by atoms with Gasteiger partial charge in [0.25, 0.3) is 0 Å². The molecule has 0 aromatic heterocycles. The minimum Gasteiger partial charge on any atom is -0.352 e. The van der Waals surface area contributed by atoms with Gasteiger partial charge in [-0.1, -0.05) is 75.4 Å². The second-order valence-electron chi connectivity index (χ2n) is 11.5. The van der Waals surface area contributed by atoms with Crippen molar-refractivity contribution < 1.29 is 18.8 Å². The highest BCUT2D eigenvalue weighted by Crippen LogP contribution is 2.59. The summed E-state index contributed by atoms with van der Waals surface area (Å²) in [7, 11) is 0. The molecule has 0 unspecified atom stereocenters. The Hall–Kier alpha value is -4.06. The number of nitrogens with zero attached hydrogens (tertiary/aromatic N) is 1. The average molecular weight is 509 g/mol. The lowest BCUT2D eigenvalue weighted by molar-refractivity contribution is -0.128. The molecule has 38 heavy (non-hydrogen) atoms. The maximum absolute atomic E-state index is 15.2. The second kappa shape index (κ2) is 8.22. The Morgan fingerprint density at radius 2 is 1.61 bits per heavy atom. The molecule has 1 amide bonds. The van der Waals surface area contributed by atoms with Crippen molar-refractivity contribution in [2.75, 3.05) is 10.2 Å². The normalized spacial score (nSPS) is 25.4. The Labute approximate surface area is 221 Å². The van der Waals surface area contributed by atoms with Crippen molar-refractivity contribution in [3.8, 4) is 0 Å². The Balaban J connectivity index is 1.72. The first-order chi connectivity index (χ1) is 18.1. The number of fused-ring (bicyclic) bond motifs is 6. The molecule has 1 saturated heterocycles. The van der Waals surface area contributed by atoms with Crippen LogP contribution >= 0.6 is 0 Å². The van der Waals surface area contributed by atoms with Crippen LogP contribution in [0.3, 0.4) is 0 Å². The molecule has 3 aromatic carbocycles. The van der Waals surface area contributed by atoms with Gasteiger partial charge in [-0.25, -0.2) is 4.39 Å². The largest absolute Gasteiger partial charge is 0.352 e. The average Bonchev–Trinajstić information content (AvgIpc) is 3.36. The molecule has 1 spiro atoms. The molecular weight excluding hydrogens is 479 g/mol. The van der Waals surface area contributed by atoms with Gasteiger partial charge in [0.2, 0.25) is 5.91 Å². The summed E-state index contributed by atoms with van der Waals surface area (Å²) >= 11 is 0. The third kappa shape index (κ3) is 3.12. The molecule has 3 aliphatic heterocycles. The number of carbonyl (C=O) groups is 3. The van der Waals surface area contributed by atoms with E-state index in [0.29, 0.717) is 11.3 Å². The third-order valence-corrected chi connectivity index (χ3v) is 8.31. The van der Waals surface area contributed by atoms with E-state index in [4.69, 9.17) is 0 Å². The summed E-state index contributed by atoms with van der Waals surface area (Å²) in [5.74, 6) is -2.89. The molecule has 6 heteroatoms. The van der Waals surface area contributed by atoms with E-state index in [1.54, 1.807) is 6.07 Å². The molecule has 1 fully saturated rings. The van der Waals surface area contributed by atoms with Gasteiger partial charge in [-0.3, -0.25) is 14.4 Å². The van der Waals surface area contributed by atoms with E-state index in [1.807, 2.05) is 87.2 Å². The number of benzene rings is 3. The van der Waals surface area contributed by atoms with Gasteiger partial charge < -0.3 is 10.2 Å². The van der Waals surface area contributed by atoms with Gasteiger partial charge in [0.15, 0.2) is 11.6 Å². The number of Topliss-reactive ketones (excluding diaryl/α,β-unsaturated/α-hetero) is 2. The molecule has 5 nitrogen and oxygen atoms in total. The lowest BCUT2D eigenvalue weighted by atomic mass is 9.63. The van der Waals surface area contributed by atoms with Crippen LogP contribution in [0.25, 0.3) is 5.57 Å². The quantitative estimate of drug-likeness (QED) is 0.454. The first-order valence-corrected chi connectivity index (χ1v) is 12.9. The Morgan fingerprint density at radius 1 is 0.947 bits per heavy atom. The van der Waals surface area contributed by atoms with Crippen LogP contribution in [-0.2, 0) is 15.0 Å². The third-order valence-electron chi connectivity index (χ3n) is 8.31. The van der Waals surface area contributed by atoms with Crippen molar-refractivity contribution in [2.45, 2.75) is 45.2 Å². The molecule has 0 bridgehead atoms. The number of hydrogen-bond donors (Lipinski definition) is 1. The van der Waals surface area contributed by atoms with E-state index in [1.165, 1.54) is 18.2 Å². The van der Waals surface area contributed by atoms with Gasteiger partial charge in [0.05, 0.1) is 17.5 Å². The molecule has 4 atom stereocenters. The SMILES string of the molecule is CC1=C[C@@H]2N(c3ccccc31)[C@H](C(=O)C(C)(C)C)[C@H](C(=O)c1ccccc1F)[C@@]21C(=O)Nc2ccccc21. The number of nitrogens with one attached hydrogen (secondary N) is 1. The zero-order chi connectivity index (χ0) is 27.0. The zero-order valence-corrected chi connectivity index (χ0v) is 21.8. The number of hydrogen-bond acceptors (Lipinski definition) is 4.